The molecule has 1 nitrogen and oxygen atoms in total. The number of aliphatic hydroxyl groups is 1. The van der Waals surface area contributed by atoms with Crippen molar-refractivity contribution in [1.82, 2.24) is 0 Å². The van der Waals surface area contributed by atoms with Crippen molar-refractivity contribution in [3.05, 3.63) is 41.5 Å². The maximum Gasteiger partial charge on any atom is 0.0980 e. The topological polar surface area (TPSA) is 20.2 Å². The van der Waals surface area contributed by atoms with Crippen LogP contribution in [0.1, 0.15) is 17.2 Å². The van der Waals surface area contributed by atoms with Gasteiger partial charge in [0, 0.05) is 0 Å². The molecule has 2 rings (SSSR count). The average molecular weight is 132 g/mol. The molecule has 0 radical (unpaired) electrons. The van der Waals surface area contributed by atoms with E-state index < -0.39 is 0 Å². The predicted molar refractivity (Wildman–Crippen MR) is 40.4 cm³/mol. The molecule has 0 bridgehead atoms. The molecule has 0 saturated carbocycles. The molecular weight excluding hydrogens is 124 g/mol. The lowest BCUT2D eigenvalue weighted by Crippen LogP contribution is -1.88. The minimum absolute atomic E-state index is 0.379. The van der Waals surface area contributed by atoms with E-state index in [1.165, 1.54) is 0 Å². The van der Waals surface area contributed by atoms with Crippen LogP contribution in [0.25, 0.3) is 6.08 Å². The molecule has 50 valence electrons. The van der Waals surface area contributed by atoms with Gasteiger partial charge in [0.05, 0.1) is 6.10 Å². The molecule has 0 fully saturated rings. The van der Waals surface area contributed by atoms with Gasteiger partial charge in [-0.3, -0.25) is 0 Å². The first-order valence-electron chi connectivity index (χ1n) is 3.33. The second-order valence-electron chi connectivity index (χ2n) is 2.43. The monoisotopic (exact) mass is 132 g/mol. The third kappa shape index (κ3) is 0.677. The Morgan fingerprint density at radius 1 is 1.20 bits per heavy atom. The van der Waals surface area contributed by atoms with Gasteiger partial charge in [-0.1, -0.05) is 36.4 Å². The highest BCUT2D eigenvalue weighted by molar-refractivity contribution is 5.61. The molecular formula is C9H8O. The van der Waals surface area contributed by atoms with E-state index in [2.05, 4.69) is 0 Å². The minimum atomic E-state index is -0.379. The molecule has 0 amide bonds. The zero-order valence-electron chi connectivity index (χ0n) is 5.49. The molecule has 10 heavy (non-hydrogen) atoms. The van der Waals surface area contributed by atoms with Gasteiger partial charge in [0.15, 0.2) is 0 Å². The Hall–Kier alpha value is -1.08. The Kier molecular flexibility index (Phi) is 1.11. The Morgan fingerprint density at radius 3 is 2.80 bits per heavy atom. The maximum absolute atomic E-state index is 9.29. The number of fused-ring (bicyclic) bond motifs is 1. The first-order valence-corrected chi connectivity index (χ1v) is 3.33. The number of hydrogen-bond donors (Lipinski definition) is 1. The summed E-state index contributed by atoms with van der Waals surface area (Å²) in [6.07, 6.45) is 3.36. The van der Waals surface area contributed by atoms with Gasteiger partial charge in [-0.15, -0.1) is 0 Å². The molecule has 0 saturated heterocycles. The highest BCUT2D eigenvalue weighted by atomic mass is 16.3. The van der Waals surface area contributed by atoms with Crippen LogP contribution in [0.3, 0.4) is 0 Å². The van der Waals surface area contributed by atoms with Crippen LogP contribution < -0.4 is 0 Å². The summed E-state index contributed by atoms with van der Waals surface area (Å²) in [5.41, 5.74) is 2.15. The van der Waals surface area contributed by atoms with Crippen molar-refractivity contribution in [3.63, 3.8) is 0 Å². The highest BCUT2D eigenvalue weighted by Crippen LogP contribution is 2.26. The summed E-state index contributed by atoms with van der Waals surface area (Å²) in [4.78, 5) is 0. The first kappa shape index (κ1) is 5.69. The van der Waals surface area contributed by atoms with Gasteiger partial charge in [0.2, 0.25) is 0 Å². The second kappa shape index (κ2) is 1.96. The number of benzene rings is 1. The highest BCUT2D eigenvalue weighted by Gasteiger charge is 2.11. The summed E-state index contributed by atoms with van der Waals surface area (Å²) in [5, 5.41) is 9.29. The van der Waals surface area contributed by atoms with Crippen LogP contribution in [0.5, 0.6) is 0 Å². The lowest BCUT2D eigenvalue weighted by molar-refractivity contribution is 0.232. The standard InChI is InChI=1S/C9H8O/c10-9-6-5-7-3-1-2-4-8(7)9/h1-6,9-10H. The van der Waals surface area contributed by atoms with Crippen molar-refractivity contribution in [3.8, 4) is 0 Å². The second-order valence-corrected chi connectivity index (χ2v) is 2.43. The molecule has 1 aliphatic rings. The van der Waals surface area contributed by atoms with Crippen LogP contribution >= 0.6 is 0 Å². The van der Waals surface area contributed by atoms with Gasteiger partial charge in [0.25, 0.3) is 0 Å². The van der Waals surface area contributed by atoms with Crippen molar-refractivity contribution >= 4 is 6.08 Å². The van der Waals surface area contributed by atoms with Crippen LogP contribution in [0, 0.1) is 0 Å². The fourth-order valence-corrected chi connectivity index (χ4v) is 1.23. The van der Waals surface area contributed by atoms with Gasteiger partial charge in [-0.2, -0.15) is 0 Å². The van der Waals surface area contributed by atoms with E-state index >= 15 is 0 Å². The summed E-state index contributed by atoms with van der Waals surface area (Å²) in [7, 11) is 0. The van der Waals surface area contributed by atoms with E-state index in [0.29, 0.717) is 0 Å². The summed E-state index contributed by atoms with van der Waals surface area (Å²) in [6, 6.07) is 7.86. The van der Waals surface area contributed by atoms with Crippen molar-refractivity contribution < 1.29 is 5.11 Å². The zero-order valence-corrected chi connectivity index (χ0v) is 5.49. The van der Waals surface area contributed by atoms with Crippen LogP contribution in [0.15, 0.2) is 30.3 Å². The molecule has 1 heteroatoms. The van der Waals surface area contributed by atoms with Crippen molar-refractivity contribution in [1.29, 1.82) is 0 Å². The van der Waals surface area contributed by atoms with Gasteiger partial charge >= 0.3 is 0 Å². The Bertz CT molecular complexity index is 276. The summed E-state index contributed by atoms with van der Waals surface area (Å²) in [5.74, 6) is 0. The molecule has 1 aromatic carbocycles. The van der Waals surface area contributed by atoms with E-state index in [1.807, 2.05) is 30.3 Å². The third-order valence-corrected chi connectivity index (χ3v) is 1.77. The normalized spacial score (nSPS) is 21.1. The first-order chi connectivity index (χ1) is 4.88. The maximum atomic E-state index is 9.29. The number of rotatable bonds is 0. The van der Waals surface area contributed by atoms with E-state index in [9.17, 15) is 5.11 Å². The fourth-order valence-electron chi connectivity index (χ4n) is 1.23. The molecule has 0 aromatic heterocycles. The molecule has 0 spiro atoms. The lowest BCUT2D eigenvalue weighted by Gasteiger charge is -2.00. The van der Waals surface area contributed by atoms with Gasteiger partial charge in [-0.25, -0.2) is 0 Å². The summed E-state index contributed by atoms with van der Waals surface area (Å²) < 4.78 is 0. The molecule has 1 unspecified atom stereocenters. The predicted octanol–water partition coefficient (Wildman–Crippen LogP) is 1.75. The van der Waals surface area contributed by atoms with Crippen LogP contribution in [0.2, 0.25) is 0 Å². The van der Waals surface area contributed by atoms with Crippen LogP contribution in [0.4, 0.5) is 0 Å². The Balaban J connectivity index is 2.59. The van der Waals surface area contributed by atoms with E-state index in [0.717, 1.165) is 11.1 Å². The molecule has 0 aliphatic heterocycles. The van der Waals surface area contributed by atoms with Crippen LogP contribution in [-0.4, -0.2) is 5.11 Å². The smallest absolute Gasteiger partial charge is 0.0980 e. The van der Waals surface area contributed by atoms with Gasteiger partial charge in [0.1, 0.15) is 0 Å². The van der Waals surface area contributed by atoms with E-state index in [1.54, 1.807) is 6.08 Å². The van der Waals surface area contributed by atoms with Crippen molar-refractivity contribution in [2.24, 2.45) is 0 Å². The lowest BCUT2D eigenvalue weighted by atomic mass is 10.1. The van der Waals surface area contributed by atoms with E-state index in [-0.39, 0.29) is 6.10 Å². The molecule has 1 aromatic rings. The van der Waals surface area contributed by atoms with Gasteiger partial charge < -0.3 is 5.11 Å². The molecule has 0 heterocycles. The van der Waals surface area contributed by atoms with Crippen LogP contribution in [-0.2, 0) is 0 Å². The zero-order chi connectivity index (χ0) is 6.97. The fraction of sp³-hybridized carbons (Fsp3) is 0.111. The number of hydrogen-bond acceptors (Lipinski definition) is 1. The van der Waals surface area contributed by atoms with Gasteiger partial charge in [-0.05, 0) is 11.1 Å². The third-order valence-electron chi connectivity index (χ3n) is 1.77. The summed E-state index contributed by atoms with van der Waals surface area (Å²) in [6.45, 7) is 0. The molecule has 1 N–H and O–H groups in total. The largest absolute Gasteiger partial charge is 0.384 e. The summed E-state index contributed by atoms with van der Waals surface area (Å²) >= 11 is 0. The SMILES string of the molecule is OC1C=Cc2ccccc21. The van der Waals surface area contributed by atoms with Crippen molar-refractivity contribution in [2.45, 2.75) is 6.10 Å². The molecule has 1 atom stereocenters. The average Bonchev–Trinajstić information content (AvgIpc) is 2.34. The van der Waals surface area contributed by atoms with Crippen molar-refractivity contribution in [2.75, 3.05) is 0 Å². The Labute approximate surface area is 59.6 Å². The quantitative estimate of drug-likeness (QED) is 0.570. The molecule has 1 aliphatic carbocycles. The number of aliphatic hydroxyl groups excluding tert-OH is 1. The minimum Gasteiger partial charge on any atom is -0.384 e. The van der Waals surface area contributed by atoms with E-state index in [4.69, 9.17) is 0 Å². The Morgan fingerprint density at radius 2 is 2.00 bits per heavy atom.